The average Bonchev–Trinajstić information content (AvgIpc) is 2.69. The van der Waals surface area contributed by atoms with Gasteiger partial charge in [0.1, 0.15) is 18.2 Å². The minimum absolute atomic E-state index is 0. The smallest absolute Gasteiger partial charge is 0.161 e. The van der Waals surface area contributed by atoms with Crippen molar-refractivity contribution >= 4 is 24.0 Å². The normalized spacial score (nSPS) is 10.3. The Balaban J connectivity index is 0.00000300. The first kappa shape index (κ1) is 22.9. The molecule has 0 saturated carbocycles. The maximum Gasteiger partial charge on any atom is 0.161 e. The van der Waals surface area contributed by atoms with Gasteiger partial charge in [-0.15, -0.1) is 12.4 Å². The molecule has 0 unspecified atom stereocenters. The van der Waals surface area contributed by atoms with Crippen LogP contribution in [0.5, 0.6) is 11.5 Å². The number of nitrogens with one attached hydrogen (secondary N) is 1. The standard InChI is InChI=1S/C22H20ClF2NO2.ClH/c1-27-22-11-16(13-26-12-15-5-8-17(24)9-6-15)7-10-21(22)28-14-18-19(23)3-2-4-20(18)25;/h2-11,26H,12-14H2,1H3;1H. The first-order chi connectivity index (χ1) is 13.6. The van der Waals surface area contributed by atoms with E-state index in [1.807, 2.05) is 12.1 Å². The molecule has 0 spiro atoms. The molecule has 0 atom stereocenters. The van der Waals surface area contributed by atoms with Crippen LogP contribution in [-0.2, 0) is 19.7 Å². The van der Waals surface area contributed by atoms with Crippen LogP contribution in [0, 0.1) is 11.6 Å². The second-order valence-corrected chi connectivity index (χ2v) is 6.61. The molecule has 29 heavy (non-hydrogen) atoms. The van der Waals surface area contributed by atoms with Crippen molar-refractivity contribution < 1.29 is 18.3 Å². The van der Waals surface area contributed by atoms with Gasteiger partial charge in [-0.1, -0.05) is 35.9 Å². The van der Waals surface area contributed by atoms with Gasteiger partial charge in [-0.2, -0.15) is 0 Å². The lowest BCUT2D eigenvalue weighted by molar-refractivity contribution is 0.279. The first-order valence-electron chi connectivity index (χ1n) is 8.74. The van der Waals surface area contributed by atoms with Crippen LogP contribution >= 0.6 is 24.0 Å². The molecular weight excluding hydrogens is 419 g/mol. The van der Waals surface area contributed by atoms with Gasteiger partial charge < -0.3 is 14.8 Å². The largest absolute Gasteiger partial charge is 0.493 e. The van der Waals surface area contributed by atoms with Crippen molar-refractivity contribution in [2.75, 3.05) is 7.11 Å². The van der Waals surface area contributed by atoms with Gasteiger partial charge in [-0.25, -0.2) is 8.78 Å². The molecule has 3 aromatic carbocycles. The summed E-state index contributed by atoms with van der Waals surface area (Å²) >= 11 is 6.03. The third-order valence-electron chi connectivity index (χ3n) is 4.23. The topological polar surface area (TPSA) is 30.5 Å². The molecule has 0 aromatic heterocycles. The Kier molecular flexibility index (Phi) is 8.70. The lowest BCUT2D eigenvalue weighted by Crippen LogP contribution is -2.12. The highest BCUT2D eigenvalue weighted by Crippen LogP contribution is 2.30. The van der Waals surface area contributed by atoms with Crippen molar-refractivity contribution in [2.24, 2.45) is 0 Å². The lowest BCUT2D eigenvalue weighted by atomic mass is 10.1. The SMILES string of the molecule is COc1cc(CNCc2ccc(F)cc2)ccc1OCc1c(F)cccc1Cl.Cl. The molecule has 7 heteroatoms. The predicted octanol–water partition coefficient (Wildman–Crippen LogP) is 5.92. The van der Waals surface area contributed by atoms with Crippen LogP contribution in [0.1, 0.15) is 16.7 Å². The summed E-state index contributed by atoms with van der Waals surface area (Å²) in [5, 5.41) is 3.62. The lowest BCUT2D eigenvalue weighted by Gasteiger charge is -2.14. The molecule has 0 aliphatic heterocycles. The molecule has 0 bridgehead atoms. The summed E-state index contributed by atoms with van der Waals surface area (Å²) in [6.45, 7) is 1.23. The summed E-state index contributed by atoms with van der Waals surface area (Å²) < 4.78 is 37.9. The van der Waals surface area contributed by atoms with Crippen LogP contribution < -0.4 is 14.8 Å². The van der Waals surface area contributed by atoms with Crippen molar-refractivity contribution in [1.82, 2.24) is 5.32 Å². The predicted molar refractivity (Wildman–Crippen MR) is 113 cm³/mol. The van der Waals surface area contributed by atoms with Gasteiger partial charge in [-0.3, -0.25) is 0 Å². The number of benzene rings is 3. The maximum atomic E-state index is 13.9. The zero-order chi connectivity index (χ0) is 19.9. The molecule has 1 N–H and O–H groups in total. The third kappa shape index (κ3) is 6.32. The Morgan fingerprint density at radius 3 is 2.28 bits per heavy atom. The number of rotatable bonds is 8. The van der Waals surface area contributed by atoms with Crippen LogP contribution in [0.3, 0.4) is 0 Å². The van der Waals surface area contributed by atoms with Gasteiger partial charge in [-0.05, 0) is 47.5 Å². The van der Waals surface area contributed by atoms with Crippen LogP contribution in [0.2, 0.25) is 5.02 Å². The van der Waals surface area contributed by atoms with E-state index in [0.29, 0.717) is 35.2 Å². The van der Waals surface area contributed by atoms with Gasteiger partial charge >= 0.3 is 0 Å². The molecule has 0 heterocycles. The van der Waals surface area contributed by atoms with Crippen molar-refractivity contribution in [3.8, 4) is 11.5 Å². The molecule has 0 amide bonds. The van der Waals surface area contributed by atoms with Crippen LogP contribution in [0.25, 0.3) is 0 Å². The highest BCUT2D eigenvalue weighted by Gasteiger charge is 2.11. The summed E-state index contributed by atoms with van der Waals surface area (Å²) in [7, 11) is 1.55. The fourth-order valence-corrected chi connectivity index (χ4v) is 2.93. The van der Waals surface area contributed by atoms with Gasteiger partial charge in [0.25, 0.3) is 0 Å². The summed E-state index contributed by atoms with van der Waals surface area (Å²) in [6.07, 6.45) is 0. The van der Waals surface area contributed by atoms with E-state index >= 15 is 0 Å². The molecule has 0 saturated heterocycles. The maximum absolute atomic E-state index is 13.9. The number of ether oxygens (including phenoxy) is 2. The van der Waals surface area contributed by atoms with Crippen molar-refractivity contribution in [1.29, 1.82) is 0 Å². The van der Waals surface area contributed by atoms with E-state index in [4.69, 9.17) is 21.1 Å². The highest BCUT2D eigenvalue weighted by molar-refractivity contribution is 6.31. The Hall–Kier alpha value is -2.34. The zero-order valence-electron chi connectivity index (χ0n) is 15.8. The summed E-state index contributed by atoms with van der Waals surface area (Å²) in [5.74, 6) is 0.395. The van der Waals surface area contributed by atoms with Crippen LogP contribution in [0.4, 0.5) is 8.78 Å². The Morgan fingerprint density at radius 2 is 1.59 bits per heavy atom. The minimum atomic E-state index is -0.409. The van der Waals surface area contributed by atoms with E-state index in [1.165, 1.54) is 18.2 Å². The quantitative estimate of drug-likeness (QED) is 0.472. The van der Waals surface area contributed by atoms with E-state index in [-0.39, 0.29) is 24.8 Å². The third-order valence-corrected chi connectivity index (χ3v) is 4.59. The van der Waals surface area contributed by atoms with E-state index in [1.54, 1.807) is 37.4 Å². The first-order valence-corrected chi connectivity index (χ1v) is 9.12. The Morgan fingerprint density at radius 1 is 0.897 bits per heavy atom. The molecule has 0 fully saturated rings. The summed E-state index contributed by atoms with van der Waals surface area (Å²) in [5.41, 5.74) is 2.29. The summed E-state index contributed by atoms with van der Waals surface area (Å²) in [6, 6.07) is 16.4. The second-order valence-electron chi connectivity index (χ2n) is 6.20. The number of methoxy groups -OCH3 is 1. The van der Waals surface area contributed by atoms with Crippen LogP contribution in [-0.4, -0.2) is 7.11 Å². The zero-order valence-corrected chi connectivity index (χ0v) is 17.3. The number of hydrogen-bond acceptors (Lipinski definition) is 3. The molecule has 3 rings (SSSR count). The van der Waals surface area contributed by atoms with Crippen LogP contribution in [0.15, 0.2) is 60.7 Å². The molecule has 3 aromatic rings. The Bertz CT molecular complexity index is 916. The van der Waals surface area contributed by atoms with Crippen molar-refractivity contribution in [3.05, 3.63) is 94.0 Å². The monoisotopic (exact) mass is 439 g/mol. The fourth-order valence-electron chi connectivity index (χ4n) is 2.71. The van der Waals surface area contributed by atoms with Gasteiger partial charge in [0.2, 0.25) is 0 Å². The fraction of sp³-hybridized carbons (Fsp3) is 0.182. The van der Waals surface area contributed by atoms with E-state index in [2.05, 4.69) is 5.32 Å². The van der Waals surface area contributed by atoms with Gasteiger partial charge in [0.05, 0.1) is 12.1 Å². The van der Waals surface area contributed by atoms with Gasteiger partial charge in [0, 0.05) is 18.7 Å². The van der Waals surface area contributed by atoms with Crippen molar-refractivity contribution in [2.45, 2.75) is 19.7 Å². The average molecular weight is 440 g/mol. The van der Waals surface area contributed by atoms with E-state index in [9.17, 15) is 8.78 Å². The molecule has 3 nitrogen and oxygen atoms in total. The Labute approximate surface area is 180 Å². The second kappa shape index (κ2) is 11.0. The van der Waals surface area contributed by atoms with E-state index < -0.39 is 5.82 Å². The minimum Gasteiger partial charge on any atom is -0.493 e. The molecule has 0 aliphatic rings. The van der Waals surface area contributed by atoms with Gasteiger partial charge in [0.15, 0.2) is 11.5 Å². The molecule has 0 aliphatic carbocycles. The highest BCUT2D eigenvalue weighted by atomic mass is 35.5. The number of hydrogen-bond donors (Lipinski definition) is 1. The number of halogens is 4. The van der Waals surface area contributed by atoms with E-state index in [0.717, 1.165) is 11.1 Å². The van der Waals surface area contributed by atoms with Crippen molar-refractivity contribution in [3.63, 3.8) is 0 Å². The molecular formula is C22H21Cl2F2NO2. The molecule has 154 valence electrons. The molecule has 0 radical (unpaired) electrons. The summed E-state index contributed by atoms with van der Waals surface area (Å²) in [4.78, 5) is 0.